The molecule has 0 radical (unpaired) electrons. The van der Waals surface area contributed by atoms with Crippen molar-refractivity contribution in [1.29, 1.82) is 0 Å². The minimum atomic E-state index is 0.974. The largest absolute Gasteiger partial charge is 0.294 e. The number of imidazole rings is 1. The highest BCUT2D eigenvalue weighted by atomic mass is 32.2. The molecule has 2 nitrogen and oxygen atoms in total. The van der Waals surface area contributed by atoms with Crippen LogP contribution < -0.4 is 0 Å². The summed E-state index contributed by atoms with van der Waals surface area (Å²) in [4.78, 5) is 6.07. The maximum absolute atomic E-state index is 4.84. The van der Waals surface area contributed by atoms with Crippen LogP contribution in [0.4, 0.5) is 0 Å². The number of aryl methyl sites for hydroxylation is 1. The fraction of sp³-hybridized carbons (Fsp3) is 0.0500. The predicted octanol–water partition coefficient (Wildman–Crippen LogP) is 5.46. The molecule has 2 heterocycles. The minimum absolute atomic E-state index is 0.974. The van der Waals surface area contributed by atoms with Gasteiger partial charge in [0.25, 0.3) is 0 Å². The lowest BCUT2D eigenvalue weighted by atomic mass is 10.2. The van der Waals surface area contributed by atoms with E-state index in [1.807, 2.05) is 24.3 Å². The van der Waals surface area contributed by atoms with Gasteiger partial charge in [-0.25, -0.2) is 4.98 Å². The summed E-state index contributed by atoms with van der Waals surface area (Å²) in [7, 11) is 0. The lowest BCUT2D eigenvalue weighted by molar-refractivity contribution is 1.05. The van der Waals surface area contributed by atoms with Gasteiger partial charge in [0.05, 0.1) is 0 Å². The van der Waals surface area contributed by atoms with Gasteiger partial charge in [0.1, 0.15) is 16.4 Å². The van der Waals surface area contributed by atoms with Gasteiger partial charge in [-0.05, 0) is 31.2 Å². The van der Waals surface area contributed by atoms with E-state index < -0.39 is 0 Å². The second kappa shape index (κ2) is 5.94. The first kappa shape index (κ1) is 14.1. The summed E-state index contributed by atoms with van der Waals surface area (Å²) in [5.41, 5.74) is 4.42. The topological polar surface area (TPSA) is 17.3 Å². The summed E-state index contributed by atoms with van der Waals surface area (Å²) in [6.45, 7) is 2.12. The molecule has 0 saturated heterocycles. The highest BCUT2D eigenvalue weighted by molar-refractivity contribution is 7.99. The molecular formula is C20H16N2S. The third-order valence-electron chi connectivity index (χ3n) is 3.74. The Hall–Kier alpha value is -2.52. The zero-order valence-corrected chi connectivity index (χ0v) is 13.6. The predicted molar refractivity (Wildman–Crippen MR) is 95.9 cm³/mol. The molecule has 0 saturated carbocycles. The van der Waals surface area contributed by atoms with E-state index in [1.54, 1.807) is 11.8 Å². The monoisotopic (exact) mass is 316 g/mol. The number of benzene rings is 2. The van der Waals surface area contributed by atoms with Crippen LogP contribution in [0.25, 0.3) is 16.9 Å². The summed E-state index contributed by atoms with van der Waals surface area (Å²) in [6, 6.07) is 25.1. The highest BCUT2D eigenvalue weighted by Crippen LogP contribution is 2.36. The van der Waals surface area contributed by atoms with Crippen LogP contribution in [0.2, 0.25) is 0 Å². The Balaban J connectivity index is 1.89. The zero-order chi connectivity index (χ0) is 15.6. The van der Waals surface area contributed by atoms with E-state index in [4.69, 9.17) is 4.98 Å². The molecule has 2 aromatic carbocycles. The van der Waals surface area contributed by atoms with Gasteiger partial charge in [0.15, 0.2) is 0 Å². The molecule has 0 spiro atoms. The first-order valence-corrected chi connectivity index (χ1v) is 8.40. The van der Waals surface area contributed by atoms with Crippen LogP contribution >= 0.6 is 11.8 Å². The van der Waals surface area contributed by atoms with Crippen LogP contribution in [0.3, 0.4) is 0 Å². The van der Waals surface area contributed by atoms with E-state index >= 15 is 0 Å². The van der Waals surface area contributed by atoms with E-state index in [0.717, 1.165) is 21.9 Å². The second-order valence-corrected chi connectivity index (χ2v) is 6.54. The summed E-state index contributed by atoms with van der Waals surface area (Å²) in [6.07, 6.45) is 2.08. The molecule has 0 aliphatic rings. The van der Waals surface area contributed by atoms with Gasteiger partial charge in [-0.2, -0.15) is 0 Å². The number of hydrogen-bond donors (Lipinski definition) is 0. The summed E-state index contributed by atoms with van der Waals surface area (Å²) in [5.74, 6) is 0. The van der Waals surface area contributed by atoms with E-state index in [2.05, 4.69) is 66.1 Å². The van der Waals surface area contributed by atoms with Crippen LogP contribution in [0, 0.1) is 6.92 Å². The molecule has 0 bridgehead atoms. The number of pyridine rings is 1. The molecule has 4 rings (SSSR count). The molecule has 3 heteroatoms. The lowest BCUT2D eigenvalue weighted by Gasteiger charge is -2.06. The molecule has 112 valence electrons. The quantitative estimate of drug-likeness (QED) is 0.499. The van der Waals surface area contributed by atoms with Gasteiger partial charge in [-0.1, -0.05) is 65.9 Å². The minimum Gasteiger partial charge on any atom is -0.294 e. The Bertz CT molecular complexity index is 958. The number of rotatable bonds is 3. The van der Waals surface area contributed by atoms with Crippen molar-refractivity contribution in [2.75, 3.05) is 0 Å². The van der Waals surface area contributed by atoms with Crippen molar-refractivity contribution < 1.29 is 0 Å². The maximum atomic E-state index is 4.84. The first-order chi connectivity index (χ1) is 11.3. The fourth-order valence-electron chi connectivity index (χ4n) is 2.65. The average Bonchev–Trinajstić information content (AvgIpc) is 2.95. The van der Waals surface area contributed by atoms with Crippen molar-refractivity contribution in [3.63, 3.8) is 0 Å². The van der Waals surface area contributed by atoms with Crippen LogP contribution in [-0.2, 0) is 0 Å². The molecular weight excluding hydrogens is 300 g/mol. The van der Waals surface area contributed by atoms with Crippen molar-refractivity contribution >= 4 is 17.4 Å². The molecule has 0 atom stereocenters. The number of hydrogen-bond acceptors (Lipinski definition) is 2. The third-order valence-corrected chi connectivity index (χ3v) is 4.81. The van der Waals surface area contributed by atoms with Crippen molar-refractivity contribution in [1.82, 2.24) is 9.38 Å². The van der Waals surface area contributed by atoms with Gasteiger partial charge < -0.3 is 0 Å². The Morgan fingerprint density at radius 2 is 1.70 bits per heavy atom. The number of nitrogens with zero attached hydrogens (tertiary/aromatic N) is 2. The van der Waals surface area contributed by atoms with Gasteiger partial charge in [0, 0.05) is 16.7 Å². The Morgan fingerprint density at radius 3 is 2.52 bits per heavy atom. The normalized spacial score (nSPS) is 11.0. The molecule has 4 aromatic rings. The molecule has 2 aromatic heterocycles. The number of fused-ring (bicyclic) bond motifs is 1. The maximum Gasteiger partial charge on any atom is 0.138 e. The third kappa shape index (κ3) is 2.76. The summed E-state index contributed by atoms with van der Waals surface area (Å²) >= 11 is 1.76. The second-order valence-electron chi connectivity index (χ2n) is 5.48. The summed E-state index contributed by atoms with van der Waals surface area (Å²) in [5, 5.41) is 1.15. The van der Waals surface area contributed by atoms with Gasteiger partial charge in [-0.3, -0.25) is 4.40 Å². The van der Waals surface area contributed by atoms with E-state index in [0.29, 0.717) is 0 Å². The lowest BCUT2D eigenvalue weighted by Crippen LogP contribution is -1.87. The van der Waals surface area contributed by atoms with Gasteiger partial charge in [-0.15, -0.1) is 0 Å². The summed E-state index contributed by atoms with van der Waals surface area (Å²) < 4.78 is 2.16. The van der Waals surface area contributed by atoms with E-state index in [9.17, 15) is 0 Å². The first-order valence-electron chi connectivity index (χ1n) is 7.58. The van der Waals surface area contributed by atoms with E-state index in [1.165, 1.54) is 10.5 Å². The Morgan fingerprint density at radius 1 is 0.870 bits per heavy atom. The smallest absolute Gasteiger partial charge is 0.138 e. The van der Waals surface area contributed by atoms with E-state index in [-0.39, 0.29) is 0 Å². The van der Waals surface area contributed by atoms with Crippen molar-refractivity contribution in [3.8, 4) is 11.3 Å². The highest BCUT2D eigenvalue weighted by Gasteiger charge is 2.14. The molecule has 0 N–H and O–H groups in total. The molecule has 0 aliphatic heterocycles. The average molecular weight is 316 g/mol. The van der Waals surface area contributed by atoms with Gasteiger partial charge >= 0.3 is 0 Å². The van der Waals surface area contributed by atoms with Gasteiger partial charge in [0.2, 0.25) is 0 Å². The molecule has 0 amide bonds. The SMILES string of the molecule is Cc1cccc(Sc2c(-c3ccccc3)nc3ccccn23)c1. The molecule has 0 unspecified atom stereocenters. The van der Waals surface area contributed by atoms with Crippen molar-refractivity contribution in [2.24, 2.45) is 0 Å². The van der Waals surface area contributed by atoms with Crippen LogP contribution in [0.1, 0.15) is 5.56 Å². The van der Waals surface area contributed by atoms with Crippen molar-refractivity contribution in [2.45, 2.75) is 16.8 Å². The number of aromatic nitrogens is 2. The zero-order valence-electron chi connectivity index (χ0n) is 12.8. The molecule has 0 fully saturated rings. The molecule has 23 heavy (non-hydrogen) atoms. The molecule has 0 aliphatic carbocycles. The van der Waals surface area contributed by atoms with Crippen molar-refractivity contribution in [3.05, 3.63) is 84.6 Å². The standard InChI is InChI=1S/C20H16N2S/c1-15-8-7-11-17(14-15)23-20-19(16-9-3-2-4-10-16)21-18-12-5-6-13-22(18)20/h2-14H,1H3. The van der Waals surface area contributed by atoms with Crippen LogP contribution in [0.5, 0.6) is 0 Å². The van der Waals surface area contributed by atoms with Crippen LogP contribution in [-0.4, -0.2) is 9.38 Å². The van der Waals surface area contributed by atoms with Crippen LogP contribution in [0.15, 0.2) is 88.9 Å². The Labute approximate surface area is 139 Å². The fourth-order valence-corrected chi connectivity index (χ4v) is 3.77. The Kier molecular flexibility index (Phi) is 3.64.